The molecule has 1 saturated heterocycles. The third-order valence-corrected chi connectivity index (χ3v) is 3.44. The molecule has 0 saturated carbocycles. The number of nitrogens with one attached hydrogen (secondary N) is 1. The summed E-state index contributed by atoms with van der Waals surface area (Å²) in [5, 5.41) is 11.4. The first-order valence-corrected chi connectivity index (χ1v) is 5.08. The Morgan fingerprint density at radius 3 is 2.85 bits per heavy atom. The van der Waals surface area contributed by atoms with Gasteiger partial charge in [-0.05, 0) is 13.8 Å². The Morgan fingerprint density at radius 2 is 2.31 bits per heavy atom. The van der Waals surface area contributed by atoms with Gasteiger partial charge in [0.25, 0.3) is 0 Å². The minimum absolute atomic E-state index is 0.175. The van der Waals surface area contributed by atoms with E-state index in [2.05, 4.69) is 5.32 Å². The summed E-state index contributed by atoms with van der Waals surface area (Å²) in [6, 6.07) is -0.785. The Bertz CT molecular complexity index is 240. The molecule has 1 heterocycles. The molecule has 1 rings (SSSR count). The predicted octanol–water partition coefficient (Wildman–Crippen LogP) is 0.471. The van der Waals surface area contributed by atoms with E-state index in [0.29, 0.717) is 12.2 Å². The van der Waals surface area contributed by atoms with E-state index in [1.165, 1.54) is 11.8 Å². The van der Waals surface area contributed by atoms with E-state index < -0.39 is 16.8 Å². The van der Waals surface area contributed by atoms with Gasteiger partial charge in [0.05, 0.1) is 0 Å². The highest BCUT2D eigenvalue weighted by molar-refractivity contribution is 8.00. The van der Waals surface area contributed by atoms with Crippen molar-refractivity contribution in [3.63, 3.8) is 0 Å². The number of hydrogen-bond acceptors (Lipinski definition) is 3. The number of aliphatic carboxylic acids is 1. The Labute approximate surface area is 81.1 Å². The van der Waals surface area contributed by atoms with Crippen LogP contribution in [-0.4, -0.2) is 33.5 Å². The molecule has 0 aromatic heterocycles. The Balaban J connectivity index is 2.84. The van der Waals surface area contributed by atoms with Crippen LogP contribution in [-0.2, 0) is 9.59 Å². The van der Waals surface area contributed by atoms with Crippen LogP contribution >= 0.6 is 11.8 Å². The molecule has 0 aromatic rings. The standard InChI is InChI=1S/C8H13NO3S/c1-8(2)6(7(11)12)9-5(10)3-4-13-8/h6H,3-4H2,1-2H3,(H,9,10)(H,11,12). The first kappa shape index (κ1) is 10.4. The SMILES string of the molecule is CC1(C)SCCC(=O)NC1C(=O)O. The summed E-state index contributed by atoms with van der Waals surface area (Å²) in [5.74, 6) is -0.457. The second-order valence-electron chi connectivity index (χ2n) is 3.54. The van der Waals surface area contributed by atoms with Crippen LogP contribution in [0.1, 0.15) is 20.3 Å². The molecular formula is C8H13NO3S. The lowest BCUT2D eigenvalue weighted by Gasteiger charge is -2.28. The molecule has 4 nitrogen and oxygen atoms in total. The van der Waals surface area contributed by atoms with Crippen LogP contribution in [0, 0.1) is 0 Å². The van der Waals surface area contributed by atoms with E-state index in [9.17, 15) is 9.59 Å². The van der Waals surface area contributed by atoms with Crippen LogP contribution < -0.4 is 5.32 Å². The van der Waals surface area contributed by atoms with Crippen LogP contribution in [0.3, 0.4) is 0 Å². The first-order valence-electron chi connectivity index (χ1n) is 4.09. The van der Waals surface area contributed by atoms with Gasteiger partial charge in [0, 0.05) is 16.9 Å². The monoisotopic (exact) mass is 203 g/mol. The molecule has 74 valence electrons. The summed E-state index contributed by atoms with van der Waals surface area (Å²) in [4.78, 5) is 21.9. The zero-order valence-electron chi connectivity index (χ0n) is 7.66. The molecule has 0 aliphatic carbocycles. The van der Waals surface area contributed by atoms with Crippen LogP contribution in [0.4, 0.5) is 0 Å². The van der Waals surface area contributed by atoms with Crippen LogP contribution in [0.15, 0.2) is 0 Å². The van der Waals surface area contributed by atoms with Gasteiger partial charge in [-0.15, -0.1) is 0 Å². The van der Waals surface area contributed by atoms with E-state index in [-0.39, 0.29) is 5.91 Å². The maximum Gasteiger partial charge on any atom is 0.327 e. The smallest absolute Gasteiger partial charge is 0.327 e. The topological polar surface area (TPSA) is 66.4 Å². The Morgan fingerprint density at radius 1 is 1.69 bits per heavy atom. The second-order valence-corrected chi connectivity index (χ2v) is 5.29. The maximum absolute atomic E-state index is 11.1. The van der Waals surface area contributed by atoms with E-state index >= 15 is 0 Å². The molecule has 1 aliphatic rings. The summed E-state index contributed by atoms with van der Waals surface area (Å²) >= 11 is 1.52. The van der Waals surface area contributed by atoms with Crippen molar-refractivity contribution in [3.05, 3.63) is 0 Å². The molecule has 1 atom stereocenters. The number of thioether (sulfide) groups is 1. The fourth-order valence-electron chi connectivity index (χ4n) is 1.26. The minimum atomic E-state index is -0.965. The third kappa shape index (κ3) is 2.37. The van der Waals surface area contributed by atoms with Gasteiger partial charge in [-0.3, -0.25) is 4.79 Å². The molecule has 1 aliphatic heterocycles. The number of carbonyl (C=O) groups is 2. The number of carboxylic acids is 1. The summed E-state index contributed by atoms with van der Waals surface area (Å²) in [5.41, 5.74) is 0. The van der Waals surface area contributed by atoms with E-state index in [0.717, 1.165) is 0 Å². The highest BCUT2D eigenvalue weighted by atomic mass is 32.2. The van der Waals surface area contributed by atoms with Crippen LogP contribution in [0.2, 0.25) is 0 Å². The van der Waals surface area contributed by atoms with Crippen molar-refractivity contribution in [1.82, 2.24) is 5.32 Å². The number of amides is 1. The Hall–Kier alpha value is -0.710. The van der Waals surface area contributed by atoms with Gasteiger partial charge in [-0.25, -0.2) is 4.79 Å². The third-order valence-electron chi connectivity index (χ3n) is 2.05. The van der Waals surface area contributed by atoms with Gasteiger partial charge in [0.1, 0.15) is 6.04 Å². The van der Waals surface area contributed by atoms with Crippen molar-refractivity contribution in [2.45, 2.75) is 31.1 Å². The molecule has 5 heteroatoms. The lowest BCUT2D eigenvalue weighted by atomic mass is 10.0. The molecule has 1 amide bonds. The average Bonchev–Trinajstić information content (AvgIpc) is 2.10. The number of carbonyl (C=O) groups excluding carboxylic acids is 1. The van der Waals surface area contributed by atoms with Crippen molar-refractivity contribution >= 4 is 23.6 Å². The van der Waals surface area contributed by atoms with Gasteiger partial charge in [0.15, 0.2) is 0 Å². The first-order chi connectivity index (χ1) is 5.93. The molecule has 0 radical (unpaired) electrons. The highest BCUT2D eigenvalue weighted by Gasteiger charge is 2.38. The molecule has 0 aromatic carbocycles. The van der Waals surface area contributed by atoms with Gasteiger partial charge in [-0.2, -0.15) is 11.8 Å². The fraction of sp³-hybridized carbons (Fsp3) is 0.750. The minimum Gasteiger partial charge on any atom is -0.480 e. The van der Waals surface area contributed by atoms with Crippen LogP contribution in [0.5, 0.6) is 0 Å². The van der Waals surface area contributed by atoms with E-state index in [1.54, 1.807) is 0 Å². The van der Waals surface area contributed by atoms with Gasteiger partial charge >= 0.3 is 5.97 Å². The zero-order chi connectivity index (χ0) is 10.1. The second kappa shape index (κ2) is 3.57. The molecule has 1 fully saturated rings. The average molecular weight is 203 g/mol. The lowest BCUT2D eigenvalue weighted by molar-refractivity contribution is -0.142. The van der Waals surface area contributed by atoms with Gasteiger partial charge in [0.2, 0.25) is 5.91 Å². The molecular weight excluding hydrogens is 190 g/mol. The summed E-state index contributed by atoms with van der Waals surface area (Å²) in [7, 11) is 0. The number of rotatable bonds is 1. The zero-order valence-corrected chi connectivity index (χ0v) is 8.48. The summed E-state index contributed by atoms with van der Waals surface area (Å²) in [6.45, 7) is 3.67. The van der Waals surface area contributed by atoms with Gasteiger partial charge < -0.3 is 10.4 Å². The Kier molecular flexibility index (Phi) is 2.85. The normalized spacial score (nSPS) is 27.5. The molecule has 0 bridgehead atoms. The fourth-order valence-corrected chi connectivity index (χ4v) is 2.40. The summed E-state index contributed by atoms with van der Waals surface area (Å²) < 4.78 is -0.433. The van der Waals surface area contributed by atoms with E-state index in [4.69, 9.17) is 5.11 Å². The van der Waals surface area contributed by atoms with E-state index in [1.807, 2.05) is 13.8 Å². The van der Waals surface area contributed by atoms with Crippen molar-refractivity contribution in [3.8, 4) is 0 Å². The largest absolute Gasteiger partial charge is 0.480 e. The molecule has 13 heavy (non-hydrogen) atoms. The van der Waals surface area contributed by atoms with Gasteiger partial charge in [-0.1, -0.05) is 0 Å². The summed E-state index contributed by atoms with van der Waals surface area (Å²) in [6.07, 6.45) is 0.401. The quantitative estimate of drug-likeness (QED) is 0.650. The van der Waals surface area contributed by atoms with Crippen molar-refractivity contribution in [2.75, 3.05) is 5.75 Å². The molecule has 2 N–H and O–H groups in total. The molecule has 0 spiro atoms. The van der Waals surface area contributed by atoms with Crippen molar-refractivity contribution in [2.24, 2.45) is 0 Å². The van der Waals surface area contributed by atoms with Crippen molar-refractivity contribution < 1.29 is 14.7 Å². The van der Waals surface area contributed by atoms with Crippen LogP contribution in [0.25, 0.3) is 0 Å². The lowest BCUT2D eigenvalue weighted by Crippen LogP contribution is -2.50. The highest BCUT2D eigenvalue weighted by Crippen LogP contribution is 2.31. The predicted molar refractivity (Wildman–Crippen MR) is 50.7 cm³/mol. The molecule has 1 unspecified atom stereocenters. The number of carboxylic acid groups (broad SMARTS) is 1. The van der Waals surface area contributed by atoms with Crippen molar-refractivity contribution in [1.29, 1.82) is 0 Å². The number of hydrogen-bond donors (Lipinski definition) is 2. The maximum atomic E-state index is 11.1.